The Morgan fingerprint density at radius 2 is 1.58 bits per heavy atom. The van der Waals surface area contributed by atoms with Gasteiger partial charge in [0.15, 0.2) is 5.82 Å². The number of nitrogens with zero attached hydrogens (tertiary/aromatic N) is 4. The number of carbonyl (C=O) groups is 1. The van der Waals surface area contributed by atoms with Crippen molar-refractivity contribution >= 4 is 23.2 Å². The Labute approximate surface area is 182 Å². The fourth-order valence-electron chi connectivity index (χ4n) is 3.48. The Morgan fingerprint density at radius 1 is 0.935 bits per heavy atom. The van der Waals surface area contributed by atoms with Gasteiger partial charge in [-0.15, -0.1) is 0 Å². The maximum Gasteiger partial charge on any atom is 0.323 e. The van der Waals surface area contributed by atoms with Crippen molar-refractivity contribution in [2.24, 2.45) is 0 Å². The fraction of sp³-hybridized carbons (Fsp3) is 0.261. The quantitative estimate of drug-likeness (QED) is 0.590. The smallest absolute Gasteiger partial charge is 0.323 e. The summed E-state index contributed by atoms with van der Waals surface area (Å²) in [5.41, 5.74) is 9.22. The summed E-state index contributed by atoms with van der Waals surface area (Å²) in [5.74, 6) is 1.04. The molecule has 0 atom stereocenters. The molecule has 0 saturated carbocycles. The topological polar surface area (TPSA) is 99.4 Å². The number of anilines is 3. The third-order valence-corrected chi connectivity index (χ3v) is 5.21. The van der Waals surface area contributed by atoms with Gasteiger partial charge in [0.2, 0.25) is 0 Å². The maximum atomic E-state index is 12.2. The van der Waals surface area contributed by atoms with Crippen LogP contribution in [0.5, 0.6) is 0 Å². The van der Waals surface area contributed by atoms with Crippen LogP contribution in [-0.4, -0.2) is 59.0 Å². The van der Waals surface area contributed by atoms with E-state index in [4.69, 9.17) is 10.7 Å². The minimum Gasteiger partial charge on any atom is -0.384 e. The molecule has 0 aliphatic carbocycles. The maximum absolute atomic E-state index is 12.2. The molecule has 3 aromatic rings. The number of para-hydroxylation sites is 1. The molecule has 4 N–H and O–H groups in total. The largest absolute Gasteiger partial charge is 0.384 e. The molecule has 1 aromatic heterocycles. The molecular formula is C23H27N7O. The van der Waals surface area contributed by atoms with Crippen LogP contribution in [0, 0.1) is 0 Å². The first-order chi connectivity index (χ1) is 15.0. The summed E-state index contributed by atoms with van der Waals surface area (Å²) < 4.78 is 0. The molecule has 31 heavy (non-hydrogen) atoms. The van der Waals surface area contributed by atoms with E-state index < -0.39 is 0 Å². The molecule has 1 aliphatic rings. The van der Waals surface area contributed by atoms with Crippen molar-refractivity contribution in [2.45, 2.75) is 6.54 Å². The molecule has 8 nitrogen and oxygen atoms in total. The molecule has 0 radical (unpaired) electrons. The summed E-state index contributed by atoms with van der Waals surface area (Å²) in [5, 5.41) is 5.62. The monoisotopic (exact) mass is 417 g/mol. The van der Waals surface area contributed by atoms with Crippen LogP contribution >= 0.6 is 0 Å². The highest BCUT2D eigenvalue weighted by molar-refractivity contribution is 5.99. The van der Waals surface area contributed by atoms with E-state index in [0.717, 1.165) is 49.7 Å². The lowest BCUT2D eigenvalue weighted by molar-refractivity contribution is 0.147. The molecule has 2 heterocycles. The van der Waals surface area contributed by atoms with Crippen molar-refractivity contribution in [2.75, 3.05) is 49.6 Å². The first kappa shape index (κ1) is 20.8. The van der Waals surface area contributed by atoms with Crippen molar-refractivity contribution in [3.63, 3.8) is 0 Å². The Bertz CT molecular complexity index is 1020. The second kappa shape index (κ2) is 9.55. The number of amides is 2. The lowest BCUT2D eigenvalue weighted by Crippen LogP contribution is -2.44. The lowest BCUT2D eigenvalue weighted by atomic mass is 10.2. The highest BCUT2D eigenvalue weighted by Gasteiger charge is 2.15. The second-order valence-corrected chi connectivity index (χ2v) is 7.71. The van der Waals surface area contributed by atoms with E-state index in [1.807, 2.05) is 60.7 Å². The number of nitrogens with one attached hydrogen (secondary N) is 2. The van der Waals surface area contributed by atoms with Gasteiger partial charge >= 0.3 is 6.03 Å². The molecule has 160 valence electrons. The van der Waals surface area contributed by atoms with Gasteiger partial charge in [-0.3, -0.25) is 4.90 Å². The first-order valence-electron chi connectivity index (χ1n) is 10.3. The van der Waals surface area contributed by atoms with E-state index in [2.05, 4.69) is 32.5 Å². The van der Waals surface area contributed by atoms with E-state index in [-0.39, 0.29) is 6.03 Å². The van der Waals surface area contributed by atoms with Crippen LogP contribution in [-0.2, 0) is 6.54 Å². The highest BCUT2D eigenvalue weighted by Crippen LogP contribution is 2.21. The van der Waals surface area contributed by atoms with Crippen LogP contribution in [0.15, 0.2) is 60.7 Å². The number of benzene rings is 2. The third kappa shape index (κ3) is 5.78. The number of nitrogen functional groups attached to an aromatic ring is 1. The van der Waals surface area contributed by atoms with Crippen LogP contribution < -0.4 is 16.4 Å². The van der Waals surface area contributed by atoms with Crippen LogP contribution in [0.2, 0.25) is 0 Å². The SMILES string of the molecule is CN1CCN(Cc2cc(N)nc(-c3ccc(NC(=O)Nc4ccccc4)cc3)n2)CC1. The van der Waals surface area contributed by atoms with Crippen molar-refractivity contribution < 1.29 is 4.79 Å². The number of urea groups is 1. The minimum atomic E-state index is -0.298. The molecule has 8 heteroatoms. The van der Waals surface area contributed by atoms with Crippen molar-refractivity contribution in [1.82, 2.24) is 19.8 Å². The Hall–Kier alpha value is -3.49. The minimum absolute atomic E-state index is 0.298. The predicted molar refractivity (Wildman–Crippen MR) is 124 cm³/mol. The van der Waals surface area contributed by atoms with Crippen LogP contribution in [0.25, 0.3) is 11.4 Å². The summed E-state index contributed by atoms with van der Waals surface area (Å²) in [6.45, 7) is 4.90. The van der Waals surface area contributed by atoms with Gasteiger partial charge in [-0.25, -0.2) is 14.8 Å². The number of rotatable bonds is 5. The fourth-order valence-corrected chi connectivity index (χ4v) is 3.48. The average Bonchev–Trinajstić information content (AvgIpc) is 2.76. The third-order valence-electron chi connectivity index (χ3n) is 5.21. The molecule has 0 unspecified atom stereocenters. The number of hydrogen-bond acceptors (Lipinski definition) is 6. The zero-order valence-electron chi connectivity index (χ0n) is 17.6. The zero-order valence-corrected chi connectivity index (χ0v) is 17.6. The molecule has 1 saturated heterocycles. The molecule has 2 aromatic carbocycles. The number of nitrogens with two attached hydrogens (primary N) is 1. The second-order valence-electron chi connectivity index (χ2n) is 7.71. The molecular weight excluding hydrogens is 390 g/mol. The molecule has 2 amide bonds. The van der Waals surface area contributed by atoms with E-state index >= 15 is 0 Å². The summed E-state index contributed by atoms with van der Waals surface area (Å²) in [6.07, 6.45) is 0. The summed E-state index contributed by atoms with van der Waals surface area (Å²) >= 11 is 0. The number of aromatic nitrogens is 2. The number of piperazine rings is 1. The van der Waals surface area contributed by atoms with Gasteiger partial charge in [-0.2, -0.15) is 0 Å². The van der Waals surface area contributed by atoms with E-state index in [1.54, 1.807) is 0 Å². The van der Waals surface area contributed by atoms with Crippen molar-refractivity contribution in [1.29, 1.82) is 0 Å². The zero-order chi connectivity index (χ0) is 21.6. The first-order valence-corrected chi connectivity index (χ1v) is 10.3. The van der Waals surface area contributed by atoms with Crippen LogP contribution in [0.1, 0.15) is 5.69 Å². The molecule has 1 aliphatic heterocycles. The number of carbonyl (C=O) groups excluding carboxylic acids is 1. The standard InChI is InChI=1S/C23H27N7O/c1-29-11-13-30(14-12-29)16-20-15-21(24)28-22(25-20)17-7-9-19(10-8-17)27-23(31)26-18-5-3-2-4-6-18/h2-10,15H,11-14,16H2,1H3,(H2,24,25,28)(H2,26,27,31). The van der Waals surface area contributed by atoms with Gasteiger partial charge < -0.3 is 21.3 Å². The van der Waals surface area contributed by atoms with Gasteiger partial charge in [-0.05, 0) is 43.4 Å². The van der Waals surface area contributed by atoms with Gasteiger partial charge in [0.05, 0.1) is 5.69 Å². The van der Waals surface area contributed by atoms with Crippen molar-refractivity contribution in [3.8, 4) is 11.4 Å². The molecule has 4 rings (SSSR count). The van der Waals surface area contributed by atoms with Crippen LogP contribution in [0.4, 0.5) is 22.0 Å². The molecule has 1 fully saturated rings. The molecule has 0 bridgehead atoms. The summed E-state index contributed by atoms with van der Waals surface area (Å²) in [4.78, 5) is 26.0. The average molecular weight is 418 g/mol. The van der Waals surface area contributed by atoms with E-state index in [0.29, 0.717) is 17.3 Å². The number of likely N-dealkylation sites (N-methyl/N-ethyl adjacent to an activating group) is 1. The highest BCUT2D eigenvalue weighted by atomic mass is 16.2. The van der Waals surface area contributed by atoms with Gasteiger partial charge in [0.1, 0.15) is 5.82 Å². The van der Waals surface area contributed by atoms with Gasteiger partial charge in [0, 0.05) is 55.7 Å². The van der Waals surface area contributed by atoms with E-state index in [9.17, 15) is 4.79 Å². The lowest BCUT2D eigenvalue weighted by Gasteiger charge is -2.32. The van der Waals surface area contributed by atoms with Crippen molar-refractivity contribution in [3.05, 3.63) is 66.4 Å². The Kier molecular flexibility index (Phi) is 6.40. The number of hydrogen-bond donors (Lipinski definition) is 3. The normalized spacial score (nSPS) is 14.9. The van der Waals surface area contributed by atoms with Gasteiger partial charge in [-0.1, -0.05) is 18.2 Å². The summed E-state index contributed by atoms with van der Waals surface area (Å²) in [6, 6.07) is 18.3. The van der Waals surface area contributed by atoms with Gasteiger partial charge in [0.25, 0.3) is 0 Å². The Morgan fingerprint density at radius 3 is 2.26 bits per heavy atom. The molecule has 0 spiro atoms. The Balaban J connectivity index is 1.41. The predicted octanol–water partition coefficient (Wildman–Crippen LogP) is 3.12. The van der Waals surface area contributed by atoms with E-state index in [1.165, 1.54) is 0 Å². The van der Waals surface area contributed by atoms with Crippen LogP contribution in [0.3, 0.4) is 0 Å². The summed E-state index contributed by atoms with van der Waals surface area (Å²) in [7, 11) is 2.14.